The van der Waals surface area contributed by atoms with Gasteiger partial charge in [0.25, 0.3) is 0 Å². The summed E-state index contributed by atoms with van der Waals surface area (Å²) in [5, 5.41) is 0. The standard InChI is InChI=1S/C14H26O2/c1-9(2)8-14(7,12(15)10(3)4)13(16)11(5)6/h9-11H,8H2,1-7H3. The lowest BCUT2D eigenvalue weighted by molar-refractivity contribution is -0.144. The third-order valence-electron chi connectivity index (χ3n) is 2.95. The predicted octanol–water partition coefficient (Wildman–Crippen LogP) is 3.49. The minimum Gasteiger partial charge on any atom is -0.298 e. The topological polar surface area (TPSA) is 34.1 Å². The fourth-order valence-corrected chi connectivity index (χ4v) is 2.41. The van der Waals surface area contributed by atoms with Crippen LogP contribution in [0.2, 0.25) is 0 Å². The maximum atomic E-state index is 12.2. The van der Waals surface area contributed by atoms with Gasteiger partial charge in [0.2, 0.25) is 0 Å². The van der Waals surface area contributed by atoms with E-state index in [1.807, 2.05) is 34.6 Å². The highest BCUT2D eigenvalue weighted by molar-refractivity contribution is 6.07. The first-order chi connectivity index (χ1) is 7.12. The number of Topliss-reactive ketones (excluding diaryl/α,β-unsaturated/α-hetero) is 2. The third kappa shape index (κ3) is 3.43. The van der Waals surface area contributed by atoms with Gasteiger partial charge in [-0.1, -0.05) is 41.5 Å². The lowest BCUT2D eigenvalue weighted by Crippen LogP contribution is -2.42. The first-order valence-corrected chi connectivity index (χ1v) is 6.21. The second-order valence-corrected chi connectivity index (χ2v) is 5.97. The number of ketones is 2. The Morgan fingerprint density at radius 2 is 1.19 bits per heavy atom. The lowest BCUT2D eigenvalue weighted by Gasteiger charge is -2.31. The molecule has 0 aromatic carbocycles. The van der Waals surface area contributed by atoms with Gasteiger partial charge in [-0.25, -0.2) is 0 Å². The Hall–Kier alpha value is -0.660. The number of hydrogen-bond donors (Lipinski definition) is 0. The van der Waals surface area contributed by atoms with E-state index in [2.05, 4.69) is 13.8 Å². The zero-order valence-electron chi connectivity index (χ0n) is 11.8. The van der Waals surface area contributed by atoms with Gasteiger partial charge >= 0.3 is 0 Å². The molecule has 94 valence electrons. The van der Waals surface area contributed by atoms with E-state index in [0.29, 0.717) is 12.3 Å². The molecule has 0 saturated heterocycles. The van der Waals surface area contributed by atoms with Crippen LogP contribution < -0.4 is 0 Å². The normalized spacial score (nSPS) is 12.6. The van der Waals surface area contributed by atoms with Gasteiger partial charge in [-0.3, -0.25) is 9.59 Å². The Kier molecular flexibility index (Phi) is 5.37. The van der Waals surface area contributed by atoms with Crippen LogP contribution in [0, 0.1) is 23.2 Å². The Morgan fingerprint density at radius 3 is 1.38 bits per heavy atom. The maximum Gasteiger partial charge on any atom is 0.148 e. The highest BCUT2D eigenvalue weighted by Gasteiger charge is 2.42. The van der Waals surface area contributed by atoms with Crippen molar-refractivity contribution < 1.29 is 9.59 Å². The van der Waals surface area contributed by atoms with Crippen LogP contribution in [0.5, 0.6) is 0 Å². The van der Waals surface area contributed by atoms with E-state index in [4.69, 9.17) is 0 Å². The van der Waals surface area contributed by atoms with Crippen molar-refractivity contribution in [3.05, 3.63) is 0 Å². The Balaban J connectivity index is 5.19. The van der Waals surface area contributed by atoms with E-state index in [0.717, 1.165) is 0 Å². The predicted molar refractivity (Wildman–Crippen MR) is 67.3 cm³/mol. The van der Waals surface area contributed by atoms with Crippen LogP contribution in [0.15, 0.2) is 0 Å². The van der Waals surface area contributed by atoms with Crippen LogP contribution in [0.1, 0.15) is 54.9 Å². The summed E-state index contributed by atoms with van der Waals surface area (Å²) in [5.74, 6) is 0.369. The zero-order valence-corrected chi connectivity index (χ0v) is 11.8. The number of carbonyl (C=O) groups excluding carboxylic acids is 2. The fraction of sp³-hybridized carbons (Fsp3) is 0.857. The molecular formula is C14H26O2. The second kappa shape index (κ2) is 5.60. The van der Waals surface area contributed by atoms with Crippen LogP contribution in [0.25, 0.3) is 0 Å². The van der Waals surface area contributed by atoms with E-state index in [1.54, 1.807) is 0 Å². The van der Waals surface area contributed by atoms with E-state index in [-0.39, 0.29) is 23.4 Å². The molecule has 0 N–H and O–H groups in total. The summed E-state index contributed by atoms with van der Waals surface area (Å²) in [5.41, 5.74) is -0.795. The molecule has 0 unspecified atom stereocenters. The first kappa shape index (κ1) is 15.3. The van der Waals surface area contributed by atoms with Crippen LogP contribution in [0.4, 0.5) is 0 Å². The van der Waals surface area contributed by atoms with E-state index in [9.17, 15) is 9.59 Å². The minimum absolute atomic E-state index is 0.0774. The molecule has 0 aromatic heterocycles. The molecule has 0 aromatic rings. The van der Waals surface area contributed by atoms with Gasteiger partial charge in [0.05, 0.1) is 5.41 Å². The molecule has 2 nitrogen and oxygen atoms in total. The van der Waals surface area contributed by atoms with Crippen LogP contribution in [-0.2, 0) is 9.59 Å². The molecule has 0 aliphatic carbocycles. The van der Waals surface area contributed by atoms with Crippen LogP contribution in [0.3, 0.4) is 0 Å². The SMILES string of the molecule is CC(C)CC(C)(C(=O)C(C)C)C(=O)C(C)C. The molecule has 0 rings (SSSR count). The Morgan fingerprint density at radius 1 is 0.875 bits per heavy atom. The van der Waals surface area contributed by atoms with Crippen molar-refractivity contribution in [2.75, 3.05) is 0 Å². The van der Waals surface area contributed by atoms with Gasteiger partial charge in [-0.15, -0.1) is 0 Å². The summed E-state index contributed by atoms with van der Waals surface area (Å²) in [6, 6.07) is 0. The van der Waals surface area contributed by atoms with Gasteiger partial charge in [-0.05, 0) is 19.3 Å². The third-order valence-corrected chi connectivity index (χ3v) is 2.95. The largest absolute Gasteiger partial charge is 0.298 e. The molecule has 2 heteroatoms. The van der Waals surface area contributed by atoms with Crippen molar-refractivity contribution >= 4 is 11.6 Å². The molecule has 0 atom stereocenters. The molecule has 0 amide bonds. The van der Waals surface area contributed by atoms with E-state index < -0.39 is 5.41 Å². The molecule has 0 saturated carbocycles. The summed E-state index contributed by atoms with van der Waals surface area (Å²) in [6.45, 7) is 13.4. The maximum absolute atomic E-state index is 12.2. The van der Waals surface area contributed by atoms with E-state index >= 15 is 0 Å². The highest BCUT2D eigenvalue weighted by atomic mass is 16.2. The number of rotatable bonds is 6. The summed E-state index contributed by atoms with van der Waals surface area (Å²) in [4.78, 5) is 24.5. The summed E-state index contributed by atoms with van der Waals surface area (Å²) in [7, 11) is 0. The van der Waals surface area contributed by atoms with Crippen molar-refractivity contribution in [2.45, 2.75) is 54.9 Å². The minimum atomic E-state index is -0.795. The molecule has 0 spiro atoms. The summed E-state index contributed by atoms with van der Waals surface area (Å²) >= 11 is 0. The molecule has 0 aliphatic heterocycles. The van der Waals surface area contributed by atoms with Crippen molar-refractivity contribution in [2.24, 2.45) is 23.2 Å². The smallest absolute Gasteiger partial charge is 0.148 e. The van der Waals surface area contributed by atoms with Gasteiger partial charge < -0.3 is 0 Å². The molecule has 16 heavy (non-hydrogen) atoms. The van der Waals surface area contributed by atoms with Crippen molar-refractivity contribution in [1.29, 1.82) is 0 Å². The van der Waals surface area contributed by atoms with Gasteiger partial charge in [0, 0.05) is 11.8 Å². The Labute approximate surface area is 99.8 Å². The molecule has 0 bridgehead atoms. The van der Waals surface area contributed by atoms with Crippen molar-refractivity contribution in [3.63, 3.8) is 0 Å². The molecule has 0 fully saturated rings. The highest BCUT2D eigenvalue weighted by Crippen LogP contribution is 2.33. The summed E-state index contributed by atoms with van der Waals surface area (Å²) in [6.07, 6.45) is 0.654. The molecule has 0 heterocycles. The van der Waals surface area contributed by atoms with Crippen LogP contribution >= 0.6 is 0 Å². The average Bonchev–Trinajstić information content (AvgIpc) is 2.13. The number of carbonyl (C=O) groups is 2. The fourth-order valence-electron chi connectivity index (χ4n) is 2.41. The first-order valence-electron chi connectivity index (χ1n) is 6.21. The second-order valence-electron chi connectivity index (χ2n) is 5.97. The van der Waals surface area contributed by atoms with Crippen molar-refractivity contribution in [1.82, 2.24) is 0 Å². The molecule has 0 radical (unpaired) electrons. The summed E-state index contributed by atoms with van der Waals surface area (Å²) < 4.78 is 0. The van der Waals surface area contributed by atoms with Gasteiger partial charge in [0.15, 0.2) is 0 Å². The Bertz CT molecular complexity index is 242. The molecule has 0 aliphatic rings. The van der Waals surface area contributed by atoms with Gasteiger partial charge in [-0.2, -0.15) is 0 Å². The monoisotopic (exact) mass is 226 g/mol. The number of hydrogen-bond acceptors (Lipinski definition) is 2. The van der Waals surface area contributed by atoms with Crippen LogP contribution in [-0.4, -0.2) is 11.6 Å². The van der Waals surface area contributed by atoms with E-state index in [1.165, 1.54) is 0 Å². The molecular weight excluding hydrogens is 200 g/mol. The average molecular weight is 226 g/mol. The van der Waals surface area contributed by atoms with Gasteiger partial charge in [0.1, 0.15) is 11.6 Å². The zero-order chi connectivity index (χ0) is 13.1. The lowest BCUT2D eigenvalue weighted by atomic mass is 9.69. The van der Waals surface area contributed by atoms with Crippen molar-refractivity contribution in [3.8, 4) is 0 Å². The quantitative estimate of drug-likeness (QED) is 0.650.